The van der Waals surface area contributed by atoms with Crippen LogP contribution in [0.15, 0.2) is 60.8 Å². The van der Waals surface area contributed by atoms with E-state index in [1.807, 2.05) is 45.0 Å². The Morgan fingerprint density at radius 1 is 0.933 bits per heavy atom. The summed E-state index contributed by atoms with van der Waals surface area (Å²) in [5.41, 5.74) is 1.11. The number of benzene rings is 2. The molecule has 11 heteroatoms. The number of hydrogen-bond donors (Lipinski definition) is 3. The van der Waals surface area contributed by atoms with Crippen molar-refractivity contribution in [3.05, 3.63) is 83.2 Å². The summed E-state index contributed by atoms with van der Waals surface area (Å²) in [5, 5.41) is 16.9. The first kappa shape index (κ1) is 31.5. The molecule has 1 aliphatic carbocycles. The number of ether oxygens (including phenoxy) is 2. The smallest absolute Gasteiger partial charge is 0.410 e. The molecule has 1 fully saturated rings. The summed E-state index contributed by atoms with van der Waals surface area (Å²) >= 11 is 0. The van der Waals surface area contributed by atoms with Crippen molar-refractivity contribution in [2.75, 3.05) is 20.2 Å². The lowest BCUT2D eigenvalue weighted by Crippen LogP contribution is -2.56. The van der Waals surface area contributed by atoms with E-state index in [-0.39, 0.29) is 42.3 Å². The third kappa shape index (κ3) is 6.92. The molecule has 0 spiro atoms. The molecule has 11 nitrogen and oxygen atoms in total. The summed E-state index contributed by atoms with van der Waals surface area (Å²) in [6.45, 7) is 6.46. The molecule has 0 unspecified atom stereocenters. The molecule has 2 aliphatic rings. The third-order valence-corrected chi connectivity index (χ3v) is 8.11. The average molecular weight is 615 g/mol. The van der Waals surface area contributed by atoms with Crippen LogP contribution < -0.4 is 10.6 Å². The van der Waals surface area contributed by atoms with Crippen LogP contribution in [0.3, 0.4) is 0 Å². The predicted molar refractivity (Wildman–Crippen MR) is 166 cm³/mol. The largest absolute Gasteiger partial charge is 0.505 e. The van der Waals surface area contributed by atoms with Gasteiger partial charge in [-0.1, -0.05) is 36.4 Å². The van der Waals surface area contributed by atoms with Crippen LogP contribution in [-0.4, -0.2) is 76.2 Å². The number of piperidine rings is 1. The summed E-state index contributed by atoms with van der Waals surface area (Å²) in [4.78, 5) is 57.3. The first-order valence-corrected chi connectivity index (χ1v) is 14.9. The lowest BCUT2D eigenvalue weighted by Gasteiger charge is -2.33. The molecule has 3 N–H and O–H groups in total. The van der Waals surface area contributed by atoms with Crippen molar-refractivity contribution in [1.29, 1.82) is 0 Å². The molecule has 0 bridgehead atoms. The number of nitrogens with zero attached hydrogens (tertiary/aromatic N) is 2. The van der Waals surface area contributed by atoms with Gasteiger partial charge < -0.3 is 30.1 Å². The van der Waals surface area contributed by atoms with Gasteiger partial charge >= 0.3 is 12.1 Å². The normalized spacial score (nSPS) is 16.0. The number of rotatable bonds is 6. The number of esters is 1. The Labute approximate surface area is 261 Å². The van der Waals surface area contributed by atoms with E-state index in [0.29, 0.717) is 42.6 Å². The van der Waals surface area contributed by atoms with Gasteiger partial charge in [0.1, 0.15) is 11.1 Å². The number of aromatic nitrogens is 1. The summed E-state index contributed by atoms with van der Waals surface area (Å²) < 4.78 is 10.5. The number of methoxy groups -OCH3 is 1. The Kier molecular flexibility index (Phi) is 8.81. The highest BCUT2D eigenvalue weighted by Crippen LogP contribution is 2.34. The van der Waals surface area contributed by atoms with Crippen molar-refractivity contribution in [1.82, 2.24) is 20.5 Å². The minimum atomic E-state index is -1.32. The number of fused-ring (bicyclic) bond motifs is 1. The fourth-order valence-corrected chi connectivity index (χ4v) is 5.83. The lowest BCUT2D eigenvalue weighted by atomic mass is 9.95. The predicted octanol–water partition coefficient (Wildman–Crippen LogP) is 4.02. The Morgan fingerprint density at radius 3 is 2.13 bits per heavy atom. The van der Waals surface area contributed by atoms with E-state index in [1.54, 1.807) is 35.2 Å². The molecule has 0 radical (unpaired) electrons. The highest BCUT2D eigenvalue weighted by atomic mass is 16.6. The number of pyridine rings is 1. The summed E-state index contributed by atoms with van der Waals surface area (Å²) in [6, 6.07) is 15.7. The number of amides is 3. The van der Waals surface area contributed by atoms with E-state index in [1.165, 1.54) is 13.3 Å². The standard InChI is InChI=1S/C34H38N4O7/c1-33(2,3)45-32(43)38-17-14-25(15-18-38)36-29(40)22-11-9-21(10-12-22)26-13-16-35-27(28(26)39)30(41)37-34(31(42)44-4)19-23-7-5-6-8-24(23)20-34/h5-13,16,25,39H,14-15,17-20H2,1-4H3,(H,36,40)(H,37,41). The zero-order chi connectivity index (χ0) is 32.4. The molecule has 1 aromatic heterocycles. The lowest BCUT2D eigenvalue weighted by molar-refractivity contribution is -0.147. The van der Waals surface area contributed by atoms with Gasteiger partial charge in [0.25, 0.3) is 11.8 Å². The average Bonchev–Trinajstić information content (AvgIpc) is 3.39. The topological polar surface area (TPSA) is 147 Å². The Balaban J connectivity index is 1.24. The monoisotopic (exact) mass is 614 g/mol. The molecule has 236 valence electrons. The van der Waals surface area contributed by atoms with Crippen molar-refractivity contribution in [3.63, 3.8) is 0 Å². The second-order valence-corrected chi connectivity index (χ2v) is 12.5. The summed E-state index contributed by atoms with van der Waals surface area (Å²) in [5.74, 6) is -1.88. The Morgan fingerprint density at radius 2 is 1.56 bits per heavy atom. The van der Waals surface area contributed by atoms with Crippen LogP contribution >= 0.6 is 0 Å². The van der Waals surface area contributed by atoms with E-state index in [9.17, 15) is 24.3 Å². The maximum absolute atomic E-state index is 13.4. The molecule has 45 heavy (non-hydrogen) atoms. The number of carbonyl (C=O) groups excluding carboxylic acids is 4. The quantitative estimate of drug-likeness (QED) is 0.353. The molecule has 0 saturated carbocycles. The van der Waals surface area contributed by atoms with Crippen LogP contribution in [0.2, 0.25) is 0 Å². The fourth-order valence-electron chi connectivity index (χ4n) is 5.83. The minimum absolute atomic E-state index is 0.0814. The van der Waals surface area contributed by atoms with Crippen LogP contribution in [0, 0.1) is 0 Å². The second-order valence-electron chi connectivity index (χ2n) is 12.5. The zero-order valence-electron chi connectivity index (χ0n) is 25.9. The molecule has 2 heterocycles. The first-order chi connectivity index (χ1) is 21.4. The molecule has 1 saturated heterocycles. The molecule has 5 rings (SSSR count). The van der Waals surface area contributed by atoms with Gasteiger partial charge in [0.2, 0.25) is 0 Å². The van der Waals surface area contributed by atoms with Gasteiger partial charge in [0.05, 0.1) is 7.11 Å². The van der Waals surface area contributed by atoms with Crippen LogP contribution in [-0.2, 0) is 27.1 Å². The second kappa shape index (κ2) is 12.6. The fraction of sp³-hybridized carbons (Fsp3) is 0.382. The van der Waals surface area contributed by atoms with Crippen molar-refractivity contribution in [3.8, 4) is 16.9 Å². The first-order valence-electron chi connectivity index (χ1n) is 14.9. The van der Waals surface area contributed by atoms with Crippen molar-refractivity contribution < 1.29 is 33.8 Å². The van der Waals surface area contributed by atoms with Gasteiger partial charge in [-0.15, -0.1) is 0 Å². The van der Waals surface area contributed by atoms with Crippen molar-refractivity contribution >= 4 is 23.9 Å². The highest BCUT2D eigenvalue weighted by Gasteiger charge is 2.46. The Bertz CT molecular complexity index is 1580. The maximum Gasteiger partial charge on any atom is 0.410 e. The van der Waals surface area contributed by atoms with Crippen LogP contribution in [0.4, 0.5) is 4.79 Å². The number of likely N-dealkylation sites (tertiary alicyclic amines) is 1. The van der Waals surface area contributed by atoms with Gasteiger partial charge in [-0.2, -0.15) is 0 Å². The zero-order valence-corrected chi connectivity index (χ0v) is 25.9. The number of aromatic hydroxyl groups is 1. The molecular formula is C34H38N4O7. The van der Waals surface area contributed by atoms with E-state index >= 15 is 0 Å². The molecule has 1 aliphatic heterocycles. The van der Waals surface area contributed by atoms with E-state index in [2.05, 4.69) is 15.6 Å². The summed E-state index contributed by atoms with van der Waals surface area (Å²) in [6.07, 6.45) is 2.80. The maximum atomic E-state index is 13.4. The van der Waals surface area contributed by atoms with Gasteiger partial charge in [0, 0.05) is 49.3 Å². The Hall–Kier alpha value is -4.93. The number of carbonyl (C=O) groups is 4. The van der Waals surface area contributed by atoms with E-state index < -0.39 is 23.0 Å². The van der Waals surface area contributed by atoms with Crippen LogP contribution in [0.25, 0.3) is 11.1 Å². The van der Waals surface area contributed by atoms with Crippen LogP contribution in [0.1, 0.15) is 65.6 Å². The van der Waals surface area contributed by atoms with Gasteiger partial charge in [-0.05, 0) is 68.5 Å². The third-order valence-electron chi connectivity index (χ3n) is 8.11. The van der Waals surface area contributed by atoms with E-state index in [0.717, 1.165) is 11.1 Å². The van der Waals surface area contributed by atoms with Crippen molar-refractivity contribution in [2.45, 2.75) is 63.6 Å². The molecule has 3 aromatic rings. The molecule has 2 aromatic carbocycles. The molecule has 0 atom stereocenters. The minimum Gasteiger partial charge on any atom is -0.505 e. The van der Waals surface area contributed by atoms with Crippen LogP contribution in [0.5, 0.6) is 5.75 Å². The van der Waals surface area contributed by atoms with Gasteiger partial charge in [-0.25, -0.2) is 14.6 Å². The molecular weight excluding hydrogens is 576 g/mol. The number of hydrogen-bond acceptors (Lipinski definition) is 8. The summed E-state index contributed by atoms with van der Waals surface area (Å²) in [7, 11) is 1.27. The van der Waals surface area contributed by atoms with E-state index in [4.69, 9.17) is 9.47 Å². The highest BCUT2D eigenvalue weighted by molar-refractivity contribution is 6.01. The van der Waals surface area contributed by atoms with Gasteiger partial charge in [-0.3, -0.25) is 9.59 Å². The molecule has 3 amide bonds. The number of nitrogens with one attached hydrogen (secondary N) is 2. The van der Waals surface area contributed by atoms with Gasteiger partial charge in [0.15, 0.2) is 11.4 Å². The SMILES string of the molecule is COC(=O)C1(NC(=O)c2nccc(-c3ccc(C(=O)NC4CCN(C(=O)OC(C)(C)C)CC4)cc3)c2O)Cc2ccccc2C1. The van der Waals surface area contributed by atoms with Crippen molar-refractivity contribution in [2.24, 2.45) is 0 Å².